The fourth-order valence-corrected chi connectivity index (χ4v) is 2.20. The molecule has 94 valence electrons. The molecule has 0 spiro atoms. The number of hydrogen-bond acceptors (Lipinski definition) is 5. The smallest absolute Gasteiger partial charge is 0.254 e. The number of carbonyl (C=O) groups excluding carboxylic acids is 1. The number of rotatable bonds is 3. The SMILES string of the molecule is Cc1nc(CN(C)C(=O)c2ccnc(N)c2)cs1. The van der Waals surface area contributed by atoms with Crippen molar-refractivity contribution in [1.82, 2.24) is 14.9 Å². The zero-order chi connectivity index (χ0) is 13.1. The van der Waals surface area contributed by atoms with E-state index in [1.807, 2.05) is 12.3 Å². The maximum atomic E-state index is 12.1. The van der Waals surface area contributed by atoms with E-state index in [9.17, 15) is 4.79 Å². The lowest BCUT2D eigenvalue weighted by Crippen LogP contribution is -2.26. The quantitative estimate of drug-likeness (QED) is 0.913. The van der Waals surface area contributed by atoms with Crippen LogP contribution in [-0.4, -0.2) is 27.8 Å². The van der Waals surface area contributed by atoms with Gasteiger partial charge < -0.3 is 10.6 Å². The van der Waals surface area contributed by atoms with Gasteiger partial charge >= 0.3 is 0 Å². The molecule has 2 aromatic heterocycles. The Morgan fingerprint density at radius 3 is 2.94 bits per heavy atom. The van der Waals surface area contributed by atoms with E-state index in [1.165, 1.54) is 6.20 Å². The molecule has 0 aliphatic heterocycles. The summed E-state index contributed by atoms with van der Waals surface area (Å²) in [6.45, 7) is 2.44. The first-order chi connectivity index (χ1) is 8.56. The average molecular weight is 262 g/mol. The summed E-state index contributed by atoms with van der Waals surface area (Å²) in [5.41, 5.74) is 7.00. The van der Waals surface area contributed by atoms with E-state index in [0.29, 0.717) is 17.9 Å². The number of thiazole rings is 1. The minimum absolute atomic E-state index is 0.0882. The van der Waals surface area contributed by atoms with Gasteiger partial charge in [-0.25, -0.2) is 9.97 Å². The van der Waals surface area contributed by atoms with Crippen molar-refractivity contribution in [2.24, 2.45) is 0 Å². The molecule has 0 saturated carbocycles. The number of aryl methyl sites for hydroxylation is 1. The number of carbonyl (C=O) groups is 1. The predicted molar refractivity (Wildman–Crippen MR) is 71.3 cm³/mol. The van der Waals surface area contributed by atoms with E-state index >= 15 is 0 Å². The molecular weight excluding hydrogens is 248 g/mol. The number of amides is 1. The van der Waals surface area contributed by atoms with Crippen LogP contribution in [0.1, 0.15) is 21.1 Å². The molecule has 0 atom stereocenters. The fourth-order valence-electron chi connectivity index (χ4n) is 1.60. The highest BCUT2D eigenvalue weighted by Crippen LogP contribution is 2.12. The van der Waals surface area contributed by atoms with Crippen molar-refractivity contribution < 1.29 is 4.79 Å². The van der Waals surface area contributed by atoms with Gasteiger partial charge in [0.15, 0.2) is 0 Å². The topological polar surface area (TPSA) is 72.1 Å². The van der Waals surface area contributed by atoms with Crippen LogP contribution in [0.15, 0.2) is 23.7 Å². The number of nitrogens with zero attached hydrogens (tertiary/aromatic N) is 3. The summed E-state index contributed by atoms with van der Waals surface area (Å²) in [4.78, 5) is 21.9. The van der Waals surface area contributed by atoms with Crippen LogP contribution >= 0.6 is 11.3 Å². The third kappa shape index (κ3) is 2.84. The highest BCUT2D eigenvalue weighted by molar-refractivity contribution is 7.09. The van der Waals surface area contributed by atoms with Gasteiger partial charge in [-0.3, -0.25) is 4.79 Å². The number of aromatic nitrogens is 2. The molecule has 2 heterocycles. The van der Waals surface area contributed by atoms with Crippen molar-refractivity contribution in [2.45, 2.75) is 13.5 Å². The molecule has 0 fully saturated rings. The van der Waals surface area contributed by atoms with Gasteiger partial charge in [-0.2, -0.15) is 0 Å². The predicted octanol–water partition coefficient (Wildman–Crippen LogP) is 1.70. The average Bonchev–Trinajstić information content (AvgIpc) is 2.73. The van der Waals surface area contributed by atoms with Gasteiger partial charge in [-0.15, -0.1) is 11.3 Å². The lowest BCUT2D eigenvalue weighted by Gasteiger charge is -2.15. The Labute approximate surface area is 109 Å². The first-order valence-electron chi connectivity index (χ1n) is 5.44. The van der Waals surface area contributed by atoms with Gasteiger partial charge in [0.1, 0.15) is 5.82 Å². The van der Waals surface area contributed by atoms with E-state index in [4.69, 9.17) is 5.73 Å². The molecule has 6 heteroatoms. The van der Waals surface area contributed by atoms with Crippen molar-refractivity contribution in [3.63, 3.8) is 0 Å². The molecule has 2 aromatic rings. The summed E-state index contributed by atoms with van der Waals surface area (Å²) >= 11 is 1.58. The Bertz CT molecular complexity index is 567. The zero-order valence-electron chi connectivity index (χ0n) is 10.3. The van der Waals surface area contributed by atoms with E-state index in [2.05, 4.69) is 9.97 Å². The maximum Gasteiger partial charge on any atom is 0.254 e. The number of hydrogen-bond donors (Lipinski definition) is 1. The van der Waals surface area contributed by atoms with Crippen molar-refractivity contribution in [3.8, 4) is 0 Å². The van der Waals surface area contributed by atoms with Crippen molar-refractivity contribution in [1.29, 1.82) is 0 Å². The van der Waals surface area contributed by atoms with Crippen LogP contribution in [0.4, 0.5) is 5.82 Å². The molecule has 1 amide bonds. The molecule has 0 saturated heterocycles. The third-order valence-electron chi connectivity index (χ3n) is 2.44. The highest BCUT2D eigenvalue weighted by Gasteiger charge is 2.13. The van der Waals surface area contributed by atoms with E-state index in [-0.39, 0.29) is 5.91 Å². The maximum absolute atomic E-state index is 12.1. The van der Waals surface area contributed by atoms with E-state index in [1.54, 1.807) is 35.4 Å². The molecule has 0 aromatic carbocycles. The number of anilines is 1. The van der Waals surface area contributed by atoms with Crippen molar-refractivity contribution >= 4 is 23.1 Å². The fraction of sp³-hybridized carbons (Fsp3) is 0.250. The molecule has 0 aliphatic rings. The van der Waals surface area contributed by atoms with Gasteiger partial charge in [-0.05, 0) is 19.1 Å². The Morgan fingerprint density at radius 2 is 2.33 bits per heavy atom. The molecule has 0 unspecified atom stereocenters. The molecule has 0 bridgehead atoms. The van der Waals surface area contributed by atoms with Gasteiger partial charge in [0.05, 0.1) is 17.2 Å². The minimum Gasteiger partial charge on any atom is -0.384 e. The first-order valence-corrected chi connectivity index (χ1v) is 6.32. The van der Waals surface area contributed by atoms with Gasteiger partial charge in [-0.1, -0.05) is 0 Å². The Balaban J connectivity index is 2.09. The molecular formula is C12H14N4OS. The number of nitrogens with two attached hydrogens (primary N) is 1. The van der Waals surface area contributed by atoms with E-state index in [0.717, 1.165) is 10.7 Å². The van der Waals surface area contributed by atoms with Crippen LogP contribution in [0, 0.1) is 6.92 Å². The number of nitrogen functional groups attached to an aromatic ring is 1. The summed E-state index contributed by atoms with van der Waals surface area (Å²) in [5.74, 6) is 0.258. The Hall–Kier alpha value is -1.95. The monoisotopic (exact) mass is 262 g/mol. The molecule has 18 heavy (non-hydrogen) atoms. The summed E-state index contributed by atoms with van der Waals surface area (Å²) in [7, 11) is 1.74. The Kier molecular flexibility index (Phi) is 3.57. The zero-order valence-corrected chi connectivity index (χ0v) is 11.1. The second kappa shape index (κ2) is 5.14. The van der Waals surface area contributed by atoms with Crippen LogP contribution in [0.3, 0.4) is 0 Å². The first kappa shape index (κ1) is 12.5. The van der Waals surface area contributed by atoms with Crippen LogP contribution in [0.2, 0.25) is 0 Å². The highest BCUT2D eigenvalue weighted by atomic mass is 32.1. The van der Waals surface area contributed by atoms with Crippen LogP contribution < -0.4 is 5.73 Å². The Morgan fingerprint density at radius 1 is 1.56 bits per heavy atom. The second-order valence-corrected chi connectivity index (χ2v) is 5.05. The lowest BCUT2D eigenvalue weighted by molar-refractivity contribution is 0.0783. The van der Waals surface area contributed by atoms with Crippen molar-refractivity contribution in [3.05, 3.63) is 40.0 Å². The van der Waals surface area contributed by atoms with Gasteiger partial charge in [0.25, 0.3) is 5.91 Å². The summed E-state index contributed by atoms with van der Waals surface area (Å²) < 4.78 is 0. The molecule has 2 rings (SSSR count). The lowest BCUT2D eigenvalue weighted by atomic mass is 10.2. The minimum atomic E-state index is -0.0882. The summed E-state index contributed by atoms with van der Waals surface area (Å²) in [6, 6.07) is 3.23. The van der Waals surface area contributed by atoms with Crippen LogP contribution in [-0.2, 0) is 6.54 Å². The summed E-state index contributed by atoms with van der Waals surface area (Å²) in [6.07, 6.45) is 1.53. The normalized spacial score (nSPS) is 10.3. The molecule has 0 radical (unpaired) electrons. The largest absolute Gasteiger partial charge is 0.384 e. The number of pyridine rings is 1. The summed E-state index contributed by atoms with van der Waals surface area (Å²) in [5, 5.41) is 2.96. The van der Waals surface area contributed by atoms with Gasteiger partial charge in [0, 0.05) is 24.2 Å². The van der Waals surface area contributed by atoms with Gasteiger partial charge in [0.2, 0.25) is 0 Å². The van der Waals surface area contributed by atoms with Crippen LogP contribution in [0.5, 0.6) is 0 Å². The van der Waals surface area contributed by atoms with Crippen molar-refractivity contribution in [2.75, 3.05) is 12.8 Å². The molecule has 2 N–H and O–H groups in total. The van der Waals surface area contributed by atoms with Crippen LogP contribution in [0.25, 0.3) is 0 Å². The molecule has 0 aliphatic carbocycles. The van der Waals surface area contributed by atoms with E-state index < -0.39 is 0 Å². The molecule has 5 nitrogen and oxygen atoms in total. The standard InChI is InChI=1S/C12H14N4OS/c1-8-15-10(7-18-8)6-16(2)12(17)9-3-4-14-11(13)5-9/h3-5,7H,6H2,1-2H3,(H2,13,14). The third-order valence-corrected chi connectivity index (χ3v) is 3.26. The second-order valence-electron chi connectivity index (χ2n) is 3.99.